The van der Waals surface area contributed by atoms with Crippen LogP contribution in [0.2, 0.25) is 0 Å². The maximum atomic E-state index is 13.1. The number of carbonyl (C=O) groups is 3. The molecule has 0 aliphatic rings. The lowest BCUT2D eigenvalue weighted by Crippen LogP contribution is -2.41. The Labute approximate surface area is 191 Å². The number of para-hydroxylation sites is 1. The second-order valence-electron chi connectivity index (χ2n) is 7.43. The number of aryl methyl sites for hydroxylation is 1. The number of rotatable bonds is 9. The fourth-order valence-electron chi connectivity index (χ4n) is 3.17. The van der Waals surface area contributed by atoms with Gasteiger partial charge in [0.15, 0.2) is 0 Å². The quantitative estimate of drug-likeness (QED) is 0.523. The number of halogens is 1. The molecule has 2 N–H and O–H groups in total. The van der Waals surface area contributed by atoms with Crippen molar-refractivity contribution in [1.82, 2.24) is 10.3 Å². The zero-order valence-electron chi connectivity index (χ0n) is 18.3. The Hall–Kier alpha value is -4.07. The summed E-state index contributed by atoms with van der Waals surface area (Å²) >= 11 is 0. The lowest BCUT2D eigenvalue weighted by molar-refractivity contribution is -0.125. The van der Waals surface area contributed by atoms with Gasteiger partial charge in [0, 0.05) is 31.3 Å². The van der Waals surface area contributed by atoms with Crippen molar-refractivity contribution >= 4 is 29.2 Å². The summed E-state index contributed by atoms with van der Waals surface area (Å²) in [5.74, 6) is -1.00. The Morgan fingerprint density at radius 3 is 2.33 bits per heavy atom. The summed E-state index contributed by atoms with van der Waals surface area (Å²) in [5.41, 5.74) is 2.17. The van der Waals surface area contributed by atoms with E-state index in [2.05, 4.69) is 15.6 Å². The Morgan fingerprint density at radius 2 is 1.64 bits per heavy atom. The number of aromatic nitrogens is 1. The highest BCUT2D eigenvalue weighted by Crippen LogP contribution is 2.20. The molecule has 0 fully saturated rings. The van der Waals surface area contributed by atoms with Crippen molar-refractivity contribution in [1.29, 1.82) is 0 Å². The zero-order valence-corrected chi connectivity index (χ0v) is 18.3. The molecule has 1 heterocycles. The van der Waals surface area contributed by atoms with Crippen LogP contribution >= 0.6 is 0 Å². The second-order valence-corrected chi connectivity index (χ2v) is 7.43. The number of pyridine rings is 1. The summed E-state index contributed by atoms with van der Waals surface area (Å²) in [6.45, 7) is 1.86. The third-order valence-corrected chi connectivity index (χ3v) is 4.91. The Morgan fingerprint density at radius 1 is 0.909 bits per heavy atom. The maximum Gasteiger partial charge on any atom is 0.240 e. The molecule has 33 heavy (non-hydrogen) atoms. The highest BCUT2D eigenvalue weighted by atomic mass is 19.1. The number of hydrogen-bond acceptors (Lipinski definition) is 4. The SMILES string of the molecule is Cc1ccccc1N(CC(=O)NCc1ccc(F)cc1)C(=O)CCC(=O)Nc1ccccn1. The van der Waals surface area contributed by atoms with E-state index in [1.807, 2.05) is 19.1 Å². The van der Waals surface area contributed by atoms with Crippen LogP contribution in [0.3, 0.4) is 0 Å². The number of amides is 3. The zero-order chi connectivity index (χ0) is 23.6. The molecule has 170 valence electrons. The van der Waals surface area contributed by atoms with Gasteiger partial charge in [-0.3, -0.25) is 14.4 Å². The third-order valence-electron chi connectivity index (χ3n) is 4.91. The molecule has 0 aliphatic carbocycles. The standard InChI is InChI=1S/C25H25FN4O3/c1-18-6-2-3-7-21(18)30(17-24(32)28-16-19-9-11-20(26)12-10-19)25(33)14-13-23(31)29-22-8-4-5-15-27-22/h2-12,15H,13-14,16-17H2,1H3,(H,28,32)(H,27,29,31). The van der Waals surface area contributed by atoms with Crippen LogP contribution in [0, 0.1) is 12.7 Å². The Balaban J connectivity index is 1.62. The van der Waals surface area contributed by atoms with E-state index in [0.717, 1.165) is 11.1 Å². The minimum Gasteiger partial charge on any atom is -0.350 e. The average molecular weight is 448 g/mol. The largest absolute Gasteiger partial charge is 0.350 e. The number of nitrogens with one attached hydrogen (secondary N) is 2. The van der Waals surface area contributed by atoms with Crippen molar-refractivity contribution in [2.24, 2.45) is 0 Å². The maximum absolute atomic E-state index is 13.1. The monoisotopic (exact) mass is 448 g/mol. The Kier molecular flexibility index (Phi) is 8.24. The van der Waals surface area contributed by atoms with Crippen LogP contribution in [-0.2, 0) is 20.9 Å². The summed E-state index contributed by atoms with van der Waals surface area (Å²) in [4.78, 5) is 43.2. The van der Waals surface area contributed by atoms with Crippen LogP contribution in [0.1, 0.15) is 24.0 Å². The molecule has 0 bridgehead atoms. The molecule has 2 aromatic carbocycles. The van der Waals surface area contributed by atoms with Gasteiger partial charge in [-0.15, -0.1) is 0 Å². The van der Waals surface area contributed by atoms with E-state index in [0.29, 0.717) is 11.5 Å². The first kappa shape index (κ1) is 23.6. The summed E-state index contributed by atoms with van der Waals surface area (Å²) in [6.07, 6.45) is 1.44. The van der Waals surface area contributed by atoms with Gasteiger partial charge in [-0.25, -0.2) is 9.37 Å². The van der Waals surface area contributed by atoms with E-state index >= 15 is 0 Å². The van der Waals surface area contributed by atoms with Gasteiger partial charge in [0.2, 0.25) is 17.7 Å². The second kappa shape index (κ2) is 11.5. The van der Waals surface area contributed by atoms with Gasteiger partial charge in [0.25, 0.3) is 0 Å². The molecule has 0 atom stereocenters. The molecule has 3 rings (SSSR count). The lowest BCUT2D eigenvalue weighted by Gasteiger charge is -2.24. The fourth-order valence-corrected chi connectivity index (χ4v) is 3.17. The molecule has 8 heteroatoms. The van der Waals surface area contributed by atoms with Crippen LogP contribution in [0.5, 0.6) is 0 Å². The van der Waals surface area contributed by atoms with E-state index in [1.54, 1.807) is 48.7 Å². The molecule has 0 unspecified atom stereocenters. The first-order chi connectivity index (χ1) is 15.9. The van der Waals surface area contributed by atoms with Crippen LogP contribution in [-0.4, -0.2) is 29.3 Å². The highest BCUT2D eigenvalue weighted by Gasteiger charge is 2.21. The molecular weight excluding hydrogens is 423 g/mol. The van der Waals surface area contributed by atoms with Crippen molar-refractivity contribution < 1.29 is 18.8 Å². The summed E-state index contributed by atoms with van der Waals surface area (Å²) in [5, 5.41) is 5.39. The Bertz CT molecular complexity index is 1100. The van der Waals surface area contributed by atoms with Crippen molar-refractivity contribution in [3.8, 4) is 0 Å². The molecule has 0 radical (unpaired) electrons. The minimum absolute atomic E-state index is 0.0466. The normalized spacial score (nSPS) is 10.4. The molecule has 0 spiro atoms. The number of anilines is 2. The molecular formula is C25H25FN4O3. The van der Waals surface area contributed by atoms with E-state index in [4.69, 9.17) is 0 Å². The minimum atomic E-state index is -0.367. The summed E-state index contributed by atoms with van der Waals surface area (Å²) < 4.78 is 13.1. The van der Waals surface area contributed by atoms with E-state index in [9.17, 15) is 18.8 Å². The molecule has 1 aromatic heterocycles. The van der Waals surface area contributed by atoms with Crippen LogP contribution in [0.15, 0.2) is 72.9 Å². The smallest absolute Gasteiger partial charge is 0.240 e. The van der Waals surface area contributed by atoms with Crippen LogP contribution in [0.25, 0.3) is 0 Å². The predicted molar refractivity (Wildman–Crippen MR) is 124 cm³/mol. The van der Waals surface area contributed by atoms with Gasteiger partial charge in [0.05, 0.1) is 0 Å². The van der Waals surface area contributed by atoms with E-state index in [-0.39, 0.29) is 49.5 Å². The summed E-state index contributed by atoms with van der Waals surface area (Å²) in [7, 11) is 0. The van der Waals surface area contributed by atoms with Gasteiger partial charge >= 0.3 is 0 Å². The van der Waals surface area contributed by atoms with Gasteiger partial charge in [-0.2, -0.15) is 0 Å². The van der Waals surface area contributed by atoms with E-state index < -0.39 is 0 Å². The first-order valence-electron chi connectivity index (χ1n) is 10.5. The lowest BCUT2D eigenvalue weighted by atomic mass is 10.1. The molecule has 0 aliphatic heterocycles. The van der Waals surface area contributed by atoms with Crippen LogP contribution < -0.4 is 15.5 Å². The van der Waals surface area contributed by atoms with Gasteiger partial charge in [-0.05, 0) is 48.4 Å². The predicted octanol–water partition coefficient (Wildman–Crippen LogP) is 3.60. The third kappa shape index (κ3) is 7.24. The average Bonchev–Trinajstić information content (AvgIpc) is 2.82. The fraction of sp³-hybridized carbons (Fsp3) is 0.200. The van der Waals surface area contributed by atoms with Crippen molar-refractivity contribution in [2.45, 2.75) is 26.3 Å². The molecule has 7 nitrogen and oxygen atoms in total. The van der Waals surface area contributed by atoms with E-state index in [1.165, 1.54) is 17.0 Å². The van der Waals surface area contributed by atoms with Crippen molar-refractivity contribution in [2.75, 3.05) is 16.8 Å². The van der Waals surface area contributed by atoms with Crippen molar-refractivity contribution in [3.05, 3.63) is 89.9 Å². The van der Waals surface area contributed by atoms with Gasteiger partial charge < -0.3 is 15.5 Å². The molecule has 3 amide bonds. The molecule has 0 saturated heterocycles. The number of hydrogen-bond donors (Lipinski definition) is 2. The molecule has 0 saturated carbocycles. The van der Waals surface area contributed by atoms with Gasteiger partial charge in [-0.1, -0.05) is 36.4 Å². The van der Waals surface area contributed by atoms with Crippen LogP contribution in [0.4, 0.5) is 15.9 Å². The number of nitrogens with zero attached hydrogens (tertiary/aromatic N) is 2. The number of benzene rings is 2. The van der Waals surface area contributed by atoms with Crippen molar-refractivity contribution in [3.63, 3.8) is 0 Å². The molecule has 3 aromatic rings. The topological polar surface area (TPSA) is 91.4 Å². The summed E-state index contributed by atoms with van der Waals surface area (Å²) in [6, 6.07) is 18.2. The van der Waals surface area contributed by atoms with Gasteiger partial charge in [0.1, 0.15) is 18.2 Å². The first-order valence-corrected chi connectivity index (χ1v) is 10.5. The number of carbonyl (C=O) groups excluding carboxylic acids is 3. The highest BCUT2D eigenvalue weighted by molar-refractivity contribution is 6.01.